The van der Waals surface area contributed by atoms with Crippen LogP contribution in [0.15, 0.2) is 38.7 Å². The molecule has 1 aromatic carbocycles. The highest BCUT2D eigenvalue weighted by Crippen LogP contribution is 2.28. The van der Waals surface area contributed by atoms with Crippen LogP contribution in [0, 0.1) is 6.92 Å². The second-order valence-electron chi connectivity index (χ2n) is 3.94. The maximum Gasteiger partial charge on any atom is 0.251 e. The van der Waals surface area contributed by atoms with Gasteiger partial charge in [0.15, 0.2) is 5.16 Å². The van der Waals surface area contributed by atoms with Crippen LogP contribution >= 0.6 is 27.7 Å². The molecule has 0 aliphatic carbocycles. The molecule has 0 atom stereocenters. The Morgan fingerprint density at radius 2 is 2.21 bits per heavy atom. The van der Waals surface area contributed by atoms with Crippen molar-refractivity contribution >= 4 is 27.7 Å². The molecular weight excluding hydrogens is 328 g/mol. The van der Waals surface area contributed by atoms with Gasteiger partial charge in [0.2, 0.25) is 0 Å². The predicted octanol–water partition coefficient (Wildman–Crippen LogP) is 3.14. The standard InChI is InChI=1S/C13H13BrN2O2S/c1-8-5-12(17)16-13(15-8)19-7-9-6-10(14)3-4-11(9)18-2/h3-6H,7H2,1-2H3,(H,15,16,17). The molecule has 1 heterocycles. The number of nitrogens with one attached hydrogen (secondary N) is 1. The van der Waals surface area contributed by atoms with Crippen LogP contribution in [-0.2, 0) is 5.75 Å². The Morgan fingerprint density at radius 3 is 2.89 bits per heavy atom. The number of H-pyrrole nitrogens is 1. The van der Waals surface area contributed by atoms with Gasteiger partial charge in [0, 0.05) is 27.5 Å². The molecule has 0 radical (unpaired) electrons. The fraction of sp³-hybridized carbons (Fsp3) is 0.231. The highest BCUT2D eigenvalue weighted by atomic mass is 79.9. The number of aromatic nitrogens is 2. The lowest BCUT2D eigenvalue weighted by molar-refractivity contribution is 0.411. The van der Waals surface area contributed by atoms with Gasteiger partial charge in [-0.3, -0.25) is 4.79 Å². The average Bonchev–Trinajstić information content (AvgIpc) is 2.35. The zero-order valence-electron chi connectivity index (χ0n) is 10.6. The zero-order chi connectivity index (χ0) is 13.8. The third-order valence-electron chi connectivity index (χ3n) is 2.45. The van der Waals surface area contributed by atoms with E-state index in [1.165, 1.54) is 17.8 Å². The summed E-state index contributed by atoms with van der Waals surface area (Å²) in [4.78, 5) is 18.4. The number of benzene rings is 1. The van der Waals surface area contributed by atoms with Gasteiger partial charge in [-0.1, -0.05) is 27.7 Å². The molecule has 0 bridgehead atoms. The highest BCUT2D eigenvalue weighted by Gasteiger charge is 2.06. The number of nitrogens with zero attached hydrogens (tertiary/aromatic N) is 1. The van der Waals surface area contributed by atoms with E-state index in [2.05, 4.69) is 25.9 Å². The maximum absolute atomic E-state index is 11.4. The van der Waals surface area contributed by atoms with Crippen LogP contribution < -0.4 is 10.3 Å². The number of hydrogen-bond acceptors (Lipinski definition) is 4. The van der Waals surface area contributed by atoms with Gasteiger partial charge in [0.25, 0.3) is 5.56 Å². The molecule has 0 fully saturated rings. The van der Waals surface area contributed by atoms with Crippen molar-refractivity contribution in [2.45, 2.75) is 17.8 Å². The SMILES string of the molecule is COc1ccc(Br)cc1CSc1nc(C)cc(=O)[nH]1. The molecule has 0 aliphatic heterocycles. The largest absolute Gasteiger partial charge is 0.496 e. The van der Waals surface area contributed by atoms with E-state index in [1.54, 1.807) is 14.0 Å². The van der Waals surface area contributed by atoms with Gasteiger partial charge >= 0.3 is 0 Å². The highest BCUT2D eigenvalue weighted by molar-refractivity contribution is 9.10. The number of halogens is 1. The second-order valence-corrected chi connectivity index (χ2v) is 5.82. The van der Waals surface area contributed by atoms with Gasteiger partial charge in [-0.25, -0.2) is 4.98 Å². The number of aromatic amines is 1. The summed E-state index contributed by atoms with van der Waals surface area (Å²) in [6.07, 6.45) is 0. The molecule has 4 nitrogen and oxygen atoms in total. The lowest BCUT2D eigenvalue weighted by Gasteiger charge is -2.08. The Balaban J connectivity index is 2.18. The van der Waals surface area contributed by atoms with Gasteiger partial charge in [0.05, 0.1) is 7.11 Å². The Kier molecular flexibility index (Phi) is 4.66. The third-order valence-corrected chi connectivity index (χ3v) is 3.87. The van der Waals surface area contributed by atoms with Crippen molar-refractivity contribution in [3.05, 3.63) is 50.3 Å². The Labute approximate surface area is 123 Å². The number of rotatable bonds is 4. The molecule has 6 heteroatoms. The summed E-state index contributed by atoms with van der Waals surface area (Å²) < 4.78 is 6.30. The van der Waals surface area contributed by atoms with Crippen LogP contribution in [0.1, 0.15) is 11.3 Å². The molecule has 0 unspecified atom stereocenters. The van der Waals surface area contributed by atoms with Crippen molar-refractivity contribution in [2.24, 2.45) is 0 Å². The van der Waals surface area contributed by atoms with Crippen LogP contribution in [0.4, 0.5) is 0 Å². The number of aryl methyl sites for hydroxylation is 1. The third kappa shape index (κ3) is 3.84. The summed E-state index contributed by atoms with van der Waals surface area (Å²) in [5.74, 6) is 1.50. The Hall–Kier alpha value is -1.27. The molecule has 0 saturated heterocycles. The summed E-state index contributed by atoms with van der Waals surface area (Å²) in [5.41, 5.74) is 1.63. The summed E-state index contributed by atoms with van der Waals surface area (Å²) in [7, 11) is 1.64. The van der Waals surface area contributed by atoms with E-state index in [4.69, 9.17) is 4.74 Å². The lowest BCUT2D eigenvalue weighted by Crippen LogP contribution is -2.08. The summed E-state index contributed by atoms with van der Waals surface area (Å²) in [6, 6.07) is 7.32. The first-order chi connectivity index (χ1) is 9.08. The van der Waals surface area contributed by atoms with Gasteiger partial charge in [-0.05, 0) is 25.1 Å². The van der Waals surface area contributed by atoms with E-state index in [1.807, 2.05) is 18.2 Å². The molecule has 0 saturated carbocycles. The predicted molar refractivity (Wildman–Crippen MR) is 79.8 cm³/mol. The van der Waals surface area contributed by atoms with Crippen molar-refractivity contribution in [3.8, 4) is 5.75 Å². The normalized spacial score (nSPS) is 10.5. The van der Waals surface area contributed by atoms with Gasteiger partial charge < -0.3 is 9.72 Å². The van der Waals surface area contributed by atoms with Crippen molar-refractivity contribution in [1.82, 2.24) is 9.97 Å². The Morgan fingerprint density at radius 1 is 1.42 bits per heavy atom. The molecule has 19 heavy (non-hydrogen) atoms. The molecule has 1 aromatic heterocycles. The summed E-state index contributed by atoms with van der Waals surface area (Å²) in [6.45, 7) is 1.80. The summed E-state index contributed by atoms with van der Waals surface area (Å²) >= 11 is 4.91. The molecule has 2 rings (SSSR count). The van der Waals surface area contributed by atoms with Crippen LogP contribution in [0.25, 0.3) is 0 Å². The lowest BCUT2D eigenvalue weighted by atomic mass is 10.2. The number of hydrogen-bond donors (Lipinski definition) is 1. The van der Waals surface area contributed by atoms with E-state index in [0.29, 0.717) is 16.6 Å². The first kappa shape index (κ1) is 14.1. The Bertz CT molecular complexity index is 643. The monoisotopic (exact) mass is 340 g/mol. The van der Waals surface area contributed by atoms with Crippen molar-refractivity contribution in [1.29, 1.82) is 0 Å². The average molecular weight is 341 g/mol. The smallest absolute Gasteiger partial charge is 0.251 e. The number of methoxy groups -OCH3 is 1. The van der Waals surface area contributed by atoms with E-state index < -0.39 is 0 Å². The van der Waals surface area contributed by atoms with Crippen molar-refractivity contribution < 1.29 is 4.74 Å². The minimum absolute atomic E-state index is 0.129. The molecule has 2 aromatic rings. The minimum Gasteiger partial charge on any atom is -0.496 e. The quantitative estimate of drug-likeness (QED) is 0.686. The van der Waals surface area contributed by atoms with Crippen molar-refractivity contribution in [2.75, 3.05) is 7.11 Å². The number of ether oxygens (including phenoxy) is 1. The van der Waals surface area contributed by atoms with E-state index >= 15 is 0 Å². The first-order valence-electron chi connectivity index (χ1n) is 5.61. The van der Waals surface area contributed by atoms with Gasteiger partial charge in [0.1, 0.15) is 5.75 Å². The van der Waals surface area contributed by atoms with Crippen LogP contribution in [0.5, 0.6) is 5.75 Å². The molecule has 0 aliphatic rings. The van der Waals surface area contributed by atoms with Crippen LogP contribution in [0.3, 0.4) is 0 Å². The molecule has 0 spiro atoms. The van der Waals surface area contributed by atoms with Gasteiger partial charge in [-0.15, -0.1) is 0 Å². The van der Waals surface area contributed by atoms with E-state index in [0.717, 1.165) is 15.8 Å². The van der Waals surface area contributed by atoms with Crippen LogP contribution in [0.2, 0.25) is 0 Å². The van der Waals surface area contributed by atoms with E-state index in [-0.39, 0.29) is 5.56 Å². The fourth-order valence-electron chi connectivity index (χ4n) is 1.63. The molecule has 0 amide bonds. The number of thioether (sulfide) groups is 1. The van der Waals surface area contributed by atoms with Gasteiger partial charge in [-0.2, -0.15) is 0 Å². The van der Waals surface area contributed by atoms with E-state index in [9.17, 15) is 4.79 Å². The maximum atomic E-state index is 11.4. The first-order valence-corrected chi connectivity index (χ1v) is 7.39. The molecule has 1 N–H and O–H groups in total. The topological polar surface area (TPSA) is 55.0 Å². The molecule has 100 valence electrons. The molecular formula is C13H13BrN2O2S. The second kappa shape index (κ2) is 6.25. The van der Waals surface area contributed by atoms with Crippen LogP contribution in [-0.4, -0.2) is 17.1 Å². The minimum atomic E-state index is -0.129. The fourth-order valence-corrected chi connectivity index (χ4v) is 2.93. The zero-order valence-corrected chi connectivity index (χ0v) is 13.0. The van der Waals surface area contributed by atoms with Crippen molar-refractivity contribution in [3.63, 3.8) is 0 Å². The summed E-state index contributed by atoms with van der Waals surface area (Å²) in [5, 5.41) is 0.618.